The summed E-state index contributed by atoms with van der Waals surface area (Å²) in [5, 5.41) is 6.05. The smallest absolute Gasteiger partial charge is 0.251 e. The number of carbonyl (C=O) groups excluding carboxylic acids is 1. The monoisotopic (exact) mass is 290 g/mol. The van der Waals surface area contributed by atoms with Gasteiger partial charge in [0.2, 0.25) is 0 Å². The Kier molecular flexibility index (Phi) is 5.69. The van der Waals surface area contributed by atoms with Gasteiger partial charge in [-0.2, -0.15) is 0 Å². The SMILES string of the molecule is CC1NCCCC1NC(=O)c1cc(F)cc(F)c1.Cl. The first-order valence-electron chi connectivity index (χ1n) is 6.06. The molecule has 2 atom stereocenters. The summed E-state index contributed by atoms with van der Waals surface area (Å²) in [4.78, 5) is 11.9. The van der Waals surface area contributed by atoms with Crippen molar-refractivity contribution in [3.05, 3.63) is 35.4 Å². The van der Waals surface area contributed by atoms with Gasteiger partial charge < -0.3 is 10.6 Å². The second-order valence-corrected chi connectivity index (χ2v) is 4.62. The summed E-state index contributed by atoms with van der Waals surface area (Å²) in [5.41, 5.74) is 0.0188. The fourth-order valence-electron chi connectivity index (χ4n) is 2.18. The van der Waals surface area contributed by atoms with Crippen LogP contribution in [0, 0.1) is 11.6 Å². The van der Waals surface area contributed by atoms with Gasteiger partial charge in [0, 0.05) is 23.7 Å². The summed E-state index contributed by atoms with van der Waals surface area (Å²) < 4.78 is 26.0. The zero-order chi connectivity index (χ0) is 13.1. The van der Waals surface area contributed by atoms with Crippen molar-refractivity contribution in [3.63, 3.8) is 0 Å². The summed E-state index contributed by atoms with van der Waals surface area (Å²) in [5.74, 6) is -1.92. The van der Waals surface area contributed by atoms with Crippen molar-refractivity contribution in [1.82, 2.24) is 10.6 Å². The largest absolute Gasteiger partial charge is 0.348 e. The van der Waals surface area contributed by atoms with E-state index in [1.54, 1.807) is 0 Å². The van der Waals surface area contributed by atoms with Gasteiger partial charge in [-0.15, -0.1) is 12.4 Å². The molecule has 2 unspecified atom stereocenters. The second kappa shape index (κ2) is 6.82. The predicted molar refractivity (Wildman–Crippen MR) is 71.6 cm³/mol. The molecule has 6 heteroatoms. The lowest BCUT2D eigenvalue weighted by Gasteiger charge is -2.30. The van der Waals surface area contributed by atoms with Crippen LogP contribution in [-0.4, -0.2) is 24.5 Å². The molecule has 1 heterocycles. The number of hydrogen-bond acceptors (Lipinski definition) is 2. The average molecular weight is 291 g/mol. The molecule has 1 aromatic rings. The lowest BCUT2D eigenvalue weighted by molar-refractivity contribution is 0.0919. The topological polar surface area (TPSA) is 41.1 Å². The van der Waals surface area contributed by atoms with Gasteiger partial charge in [-0.3, -0.25) is 4.79 Å². The van der Waals surface area contributed by atoms with Crippen molar-refractivity contribution in [2.75, 3.05) is 6.54 Å². The minimum absolute atomic E-state index is 0. The highest BCUT2D eigenvalue weighted by Gasteiger charge is 2.23. The molecule has 0 aliphatic carbocycles. The Balaban J connectivity index is 0.00000180. The van der Waals surface area contributed by atoms with E-state index in [0.717, 1.165) is 37.6 Å². The molecule has 1 saturated heterocycles. The van der Waals surface area contributed by atoms with Crippen LogP contribution in [0.5, 0.6) is 0 Å². The van der Waals surface area contributed by atoms with E-state index in [1.165, 1.54) is 0 Å². The van der Waals surface area contributed by atoms with Crippen LogP contribution in [0.4, 0.5) is 8.78 Å². The van der Waals surface area contributed by atoms with Gasteiger partial charge in [0.25, 0.3) is 5.91 Å². The molecule has 1 aliphatic heterocycles. The van der Waals surface area contributed by atoms with Crippen molar-refractivity contribution in [3.8, 4) is 0 Å². The molecule has 2 N–H and O–H groups in total. The van der Waals surface area contributed by atoms with Crippen molar-refractivity contribution in [2.45, 2.75) is 31.8 Å². The van der Waals surface area contributed by atoms with Crippen molar-refractivity contribution >= 4 is 18.3 Å². The van der Waals surface area contributed by atoms with E-state index in [1.807, 2.05) is 6.92 Å². The van der Waals surface area contributed by atoms with Crippen LogP contribution in [0.2, 0.25) is 0 Å². The van der Waals surface area contributed by atoms with Gasteiger partial charge in [0.15, 0.2) is 0 Å². The van der Waals surface area contributed by atoms with Gasteiger partial charge >= 0.3 is 0 Å². The van der Waals surface area contributed by atoms with Gasteiger partial charge in [-0.1, -0.05) is 0 Å². The van der Waals surface area contributed by atoms with E-state index in [-0.39, 0.29) is 30.1 Å². The molecule has 3 nitrogen and oxygen atoms in total. The van der Waals surface area contributed by atoms with Gasteiger partial charge in [0.05, 0.1) is 0 Å². The van der Waals surface area contributed by atoms with Crippen LogP contribution in [0.1, 0.15) is 30.1 Å². The Morgan fingerprint density at radius 3 is 2.53 bits per heavy atom. The van der Waals surface area contributed by atoms with E-state index in [2.05, 4.69) is 10.6 Å². The van der Waals surface area contributed by atoms with Crippen LogP contribution >= 0.6 is 12.4 Å². The number of nitrogens with one attached hydrogen (secondary N) is 2. The molecule has 1 aliphatic rings. The Hall–Kier alpha value is -1.20. The Morgan fingerprint density at radius 2 is 1.95 bits per heavy atom. The molecule has 1 fully saturated rings. The number of rotatable bonds is 2. The van der Waals surface area contributed by atoms with Crippen LogP contribution in [-0.2, 0) is 0 Å². The first-order chi connectivity index (χ1) is 8.56. The maximum Gasteiger partial charge on any atom is 0.251 e. The Labute approximate surface area is 117 Å². The highest BCUT2D eigenvalue weighted by molar-refractivity contribution is 5.94. The molecule has 0 saturated carbocycles. The number of halogens is 3. The highest BCUT2D eigenvalue weighted by atomic mass is 35.5. The van der Waals surface area contributed by atoms with Crippen LogP contribution < -0.4 is 10.6 Å². The Bertz CT molecular complexity index is 436. The molecular formula is C13H17ClF2N2O. The lowest BCUT2D eigenvalue weighted by Crippen LogP contribution is -2.51. The van der Waals surface area contributed by atoms with E-state index < -0.39 is 17.5 Å². The lowest BCUT2D eigenvalue weighted by atomic mass is 9.99. The van der Waals surface area contributed by atoms with Crippen molar-refractivity contribution in [2.24, 2.45) is 0 Å². The molecule has 0 aromatic heterocycles. The predicted octanol–water partition coefficient (Wildman–Crippen LogP) is 2.26. The molecule has 1 aromatic carbocycles. The number of benzene rings is 1. The van der Waals surface area contributed by atoms with E-state index in [4.69, 9.17) is 0 Å². The van der Waals surface area contributed by atoms with E-state index in [9.17, 15) is 13.6 Å². The zero-order valence-electron chi connectivity index (χ0n) is 10.6. The fourth-order valence-corrected chi connectivity index (χ4v) is 2.18. The second-order valence-electron chi connectivity index (χ2n) is 4.62. The molecular weight excluding hydrogens is 274 g/mol. The minimum Gasteiger partial charge on any atom is -0.348 e. The molecule has 0 bridgehead atoms. The van der Waals surface area contributed by atoms with E-state index >= 15 is 0 Å². The summed E-state index contributed by atoms with van der Waals surface area (Å²) in [6.07, 6.45) is 1.85. The quantitative estimate of drug-likeness (QED) is 0.877. The van der Waals surface area contributed by atoms with Crippen LogP contribution in [0.25, 0.3) is 0 Å². The molecule has 0 spiro atoms. The number of amides is 1. The van der Waals surface area contributed by atoms with E-state index in [0.29, 0.717) is 0 Å². The van der Waals surface area contributed by atoms with Gasteiger partial charge in [-0.25, -0.2) is 8.78 Å². The summed E-state index contributed by atoms with van der Waals surface area (Å²) in [6, 6.07) is 3.00. The number of hydrogen-bond donors (Lipinski definition) is 2. The first-order valence-corrected chi connectivity index (χ1v) is 6.06. The summed E-state index contributed by atoms with van der Waals surface area (Å²) in [7, 11) is 0. The third kappa shape index (κ3) is 4.14. The zero-order valence-corrected chi connectivity index (χ0v) is 11.4. The molecule has 19 heavy (non-hydrogen) atoms. The number of piperidine rings is 1. The Morgan fingerprint density at radius 1 is 1.32 bits per heavy atom. The van der Waals surface area contributed by atoms with Gasteiger partial charge in [0.1, 0.15) is 11.6 Å². The molecule has 1 amide bonds. The minimum atomic E-state index is -0.741. The third-order valence-corrected chi connectivity index (χ3v) is 3.20. The highest BCUT2D eigenvalue weighted by Crippen LogP contribution is 2.11. The maximum atomic E-state index is 13.0. The molecule has 106 valence electrons. The van der Waals surface area contributed by atoms with Crippen molar-refractivity contribution in [1.29, 1.82) is 0 Å². The van der Waals surface area contributed by atoms with Gasteiger partial charge in [-0.05, 0) is 38.4 Å². The maximum absolute atomic E-state index is 13.0. The molecule has 2 rings (SSSR count). The average Bonchev–Trinajstić information content (AvgIpc) is 2.31. The van der Waals surface area contributed by atoms with Crippen LogP contribution in [0.15, 0.2) is 18.2 Å². The standard InChI is InChI=1S/C13H16F2N2O.ClH/c1-8-12(3-2-4-16-8)17-13(18)9-5-10(14)7-11(15)6-9;/h5-8,12,16H,2-4H2,1H3,(H,17,18);1H. The third-order valence-electron chi connectivity index (χ3n) is 3.20. The molecule has 0 radical (unpaired) electrons. The van der Waals surface area contributed by atoms with Crippen LogP contribution in [0.3, 0.4) is 0 Å². The fraction of sp³-hybridized carbons (Fsp3) is 0.462. The summed E-state index contributed by atoms with van der Waals surface area (Å²) >= 11 is 0. The number of carbonyl (C=O) groups is 1. The van der Waals surface area contributed by atoms with Crippen molar-refractivity contribution < 1.29 is 13.6 Å². The normalized spacial score (nSPS) is 22.5. The summed E-state index contributed by atoms with van der Waals surface area (Å²) in [6.45, 7) is 2.92. The first kappa shape index (κ1) is 15.9.